The lowest BCUT2D eigenvalue weighted by Crippen LogP contribution is -2.32. The van der Waals surface area contributed by atoms with Crippen molar-refractivity contribution in [3.05, 3.63) is 77.0 Å². The second-order valence-electron chi connectivity index (χ2n) is 10.6. The second kappa shape index (κ2) is 7.58. The predicted molar refractivity (Wildman–Crippen MR) is 147 cm³/mol. The molecule has 0 fully saturated rings. The van der Waals surface area contributed by atoms with Crippen molar-refractivity contribution in [3.8, 4) is 11.3 Å². The molecule has 0 aliphatic carbocycles. The van der Waals surface area contributed by atoms with Gasteiger partial charge in [0.15, 0.2) is 6.20 Å². The Morgan fingerprint density at radius 1 is 0.765 bits per heavy atom. The molecule has 1 nitrogen and oxygen atoms in total. The lowest BCUT2D eigenvalue weighted by atomic mass is 9.86. The maximum atomic E-state index is 2.48. The number of benzene rings is 4. The van der Waals surface area contributed by atoms with Crippen molar-refractivity contribution in [1.82, 2.24) is 0 Å². The first-order valence-electron chi connectivity index (χ1n) is 12.4. The first-order valence-corrected chi connectivity index (χ1v) is 13.2. The molecule has 34 heavy (non-hydrogen) atoms. The van der Waals surface area contributed by atoms with Gasteiger partial charge in [-0.25, -0.2) is 4.57 Å². The van der Waals surface area contributed by atoms with E-state index in [0.717, 1.165) is 0 Å². The van der Waals surface area contributed by atoms with E-state index in [1.807, 2.05) is 11.8 Å². The Morgan fingerprint density at radius 3 is 2.29 bits per heavy atom. The highest BCUT2D eigenvalue weighted by atomic mass is 32.2. The van der Waals surface area contributed by atoms with Crippen LogP contribution >= 0.6 is 11.8 Å². The van der Waals surface area contributed by atoms with Gasteiger partial charge in [0.05, 0.1) is 10.9 Å². The van der Waals surface area contributed by atoms with Crippen LogP contribution in [0.3, 0.4) is 0 Å². The largest absolute Gasteiger partial charge is 0.222 e. The van der Waals surface area contributed by atoms with Crippen LogP contribution in [0.5, 0.6) is 0 Å². The first kappa shape index (κ1) is 21.7. The summed E-state index contributed by atoms with van der Waals surface area (Å²) in [5.74, 6) is 0.943. The van der Waals surface area contributed by atoms with Gasteiger partial charge >= 0.3 is 0 Å². The predicted octanol–water partition coefficient (Wildman–Crippen LogP) is 8.97. The topological polar surface area (TPSA) is 3.88 Å². The number of pyridine rings is 1. The average molecular weight is 463 g/mol. The van der Waals surface area contributed by atoms with Crippen molar-refractivity contribution < 1.29 is 4.57 Å². The van der Waals surface area contributed by atoms with Gasteiger partial charge in [-0.3, -0.25) is 0 Å². The molecule has 0 bridgehead atoms. The van der Waals surface area contributed by atoms with Crippen LogP contribution in [0.25, 0.3) is 43.6 Å². The molecule has 0 amide bonds. The van der Waals surface area contributed by atoms with Gasteiger partial charge in [-0.2, -0.15) is 0 Å². The lowest BCUT2D eigenvalue weighted by molar-refractivity contribution is -0.659. The molecule has 170 valence electrons. The fourth-order valence-electron chi connectivity index (χ4n) is 6.03. The molecular formula is C32H32NS+. The molecule has 0 atom stereocenters. The number of aromatic nitrogens is 1. The van der Waals surface area contributed by atoms with E-state index in [4.69, 9.17) is 0 Å². The third kappa shape index (κ3) is 2.91. The van der Waals surface area contributed by atoms with Gasteiger partial charge in [-0.1, -0.05) is 81.4 Å². The zero-order valence-corrected chi connectivity index (χ0v) is 22.0. The van der Waals surface area contributed by atoms with Crippen molar-refractivity contribution in [1.29, 1.82) is 0 Å². The van der Waals surface area contributed by atoms with Crippen molar-refractivity contribution in [2.24, 2.45) is 7.05 Å². The van der Waals surface area contributed by atoms with E-state index >= 15 is 0 Å². The molecule has 4 aromatic carbocycles. The number of hydrogen-bond donors (Lipinski definition) is 0. The maximum Gasteiger partial charge on any atom is 0.222 e. The lowest BCUT2D eigenvalue weighted by Gasteiger charge is -2.27. The zero-order chi connectivity index (χ0) is 23.9. The highest BCUT2D eigenvalue weighted by Gasteiger charge is 2.33. The Labute approximate surface area is 206 Å². The highest BCUT2D eigenvalue weighted by Crippen LogP contribution is 2.54. The van der Waals surface area contributed by atoms with E-state index < -0.39 is 0 Å². The van der Waals surface area contributed by atoms with Gasteiger partial charge in [-0.15, -0.1) is 0 Å². The summed E-state index contributed by atoms with van der Waals surface area (Å²) in [4.78, 5) is 2.84. The van der Waals surface area contributed by atoms with Crippen molar-refractivity contribution >= 4 is 44.1 Å². The van der Waals surface area contributed by atoms with Gasteiger partial charge in [0.1, 0.15) is 7.05 Å². The molecule has 6 rings (SSSR count). The molecule has 1 aromatic heterocycles. The summed E-state index contributed by atoms with van der Waals surface area (Å²) in [6.45, 7) is 13.8. The van der Waals surface area contributed by atoms with Crippen LogP contribution in [0.4, 0.5) is 0 Å². The second-order valence-corrected chi connectivity index (χ2v) is 11.6. The zero-order valence-electron chi connectivity index (χ0n) is 21.2. The summed E-state index contributed by atoms with van der Waals surface area (Å²) in [5, 5.41) is 8.35. The summed E-state index contributed by atoms with van der Waals surface area (Å²) < 4.78 is 2.35. The summed E-state index contributed by atoms with van der Waals surface area (Å²) in [6.07, 6.45) is 2.26. The molecule has 2 heterocycles. The summed E-state index contributed by atoms with van der Waals surface area (Å²) in [7, 11) is 2.21. The van der Waals surface area contributed by atoms with Crippen LogP contribution in [0.15, 0.2) is 64.5 Å². The van der Waals surface area contributed by atoms with Crippen LogP contribution in [0, 0.1) is 13.8 Å². The molecule has 0 saturated carbocycles. The van der Waals surface area contributed by atoms with Gasteiger partial charge in [0.2, 0.25) is 5.69 Å². The minimum absolute atomic E-state index is 0.449. The minimum atomic E-state index is 0.449. The fourth-order valence-corrected chi connectivity index (χ4v) is 7.54. The number of nitrogens with zero attached hydrogens (tertiary/aromatic N) is 1. The van der Waals surface area contributed by atoms with Gasteiger partial charge < -0.3 is 0 Å². The molecule has 0 radical (unpaired) electrons. The summed E-state index contributed by atoms with van der Waals surface area (Å²) >= 11 is 1.99. The number of fused-ring (bicyclic) bond motifs is 5. The molecule has 0 N–H and O–H groups in total. The van der Waals surface area contributed by atoms with Gasteiger partial charge in [0.25, 0.3) is 0 Å². The highest BCUT2D eigenvalue weighted by molar-refractivity contribution is 8.00. The SMILES string of the molecule is Cc1ccc2c(C(C)C)c3c(c(C)c2c1)-c1c2c(cc4c(C(C)C)cccc4c2cc[n+]1C)S3. The standard InChI is InChI=1S/C32H32NS/c1-17(2)21-9-8-10-22-24-13-14-33(7)31-29-20(6)25-15-19(5)11-12-23(25)28(18(3)4)32(29)34-27(30(24)31)16-26(21)22/h8-18H,1-7H3/q+1. The quantitative estimate of drug-likeness (QED) is 0.183. The van der Waals surface area contributed by atoms with Crippen LogP contribution in [0.2, 0.25) is 0 Å². The normalized spacial score (nSPS) is 13.0. The Morgan fingerprint density at radius 2 is 1.56 bits per heavy atom. The molecule has 0 unspecified atom stereocenters. The average Bonchev–Trinajstić information content (AvgIpc) is 2.80. The Bertz CT molecular complexity index is 1660. The molecule has 2 heteroatoms. The minimum Gasteiger partial charge on any atom is -0.200 e. The van der Waals surface area contributed by atoms with Gasteiger partial charge in [-0.05, 0) is 70.0 Å². The van der Waals surface area contributed by atoms with E-state index in [2.05, 4.69) is 108 Å². The molecule has 1 aliphatic heterocycles. The Hall–Kier alpha value is -2.84. The molecule has 0 spiro atoms. The first-order chi connectivity index (χ1) is 16.3. The van der Waals surface area contributed by atoms with Crippen LogP contribution < -0.4 is 4.57 Å². The molecule has 0 saturated heterocycles. The van der Waals surface area contributed by atoms with E-state index in [9.17, 15) is 0 Å². The van der Waals surface area contributed by atoms with E-state index in [1.54, 1.807) is 0 Å². The van der Waals surface area contributed by atoms with Crippen LogP contribution in [0.1, 0.15) is 61.8 Å². The number of rotatable bonds is 2. The summed E-state index contributed by atoms with van der Waals surface area (Å²) in [6, 6.07) is 18.6. The van der Waals surface area contributed by atoms with E-state index in [1.165, 1.54) is 75.6 Å². The monoisotopic (exact) mass is 462 g/mol. The Kier molecular flexibility index (Phi) is 4.83. The third-order valence-corrected chi connectivity index (χ3v) is 8.81. The van der Waals surface area contributed by atoms with Crippen molar-refractivity contribution in [3.63, 3.8) is 0 Å². The maximum absolute atomic E-state index is 2.48. The van der Waals surface area contributed by atoms with Crippen molar-refractivity contribution in [2.75, 3.05) is 0 Å². The number of hydrogen-bond acceptors (Lipinski definition) is 1. The number of aryl methyl sites for hydroxylation is 3. The van der Waals surface area contributed by atoms with Crippen molar-refractivity contribution in [2.45, 2.75) is 63.2 Å². The van der Waals surface area contributed by atoms with E-state index in [0.29, 0.717) is 11.8 Å². The smallest absolute Gasteiger partial charge is 0.200 e. The van der Waals surface area contributed by atoms with Gasteiger partial charge in [0, 0.05) is 21.2 Å². The van der Waals surface area contributed by atoms with E-state index in [-0.39, 0.29) is 0 Å². The Balaban J connectivity index is 1.84. The molecular weight excluding hydrogens is 430 g/mol. The van der Waals surface area contributed by atoms with Crippen LogP contribution in [-0.2, 0) is 7.05 Å². The molecule has 5 aromatic rings. The third-order valence-electron chi connectivity index (χ3n) is 7.64. The van der Waals surface area contributed by atoms with Crippen LogP contribution in [-0.4, -0.2) is 0 Å². The molecule has 1 aliphatic rings. The fraction of sp³-hybridized carbons (Fsp3) is 0.281. The summed E-state index contributed by atoms with van der Waals surface area (Å²) in [5.41, 5.74) is 8.43.